The van der Waals surface area contributed by atoms with Crippen LogP contribution in [-0.2, 0) is 28.9 Å². The molecule has 0 atom stereocenters. The Balaban J connectivity index is 1.02. The number of aromatic nitrogens is 2. The number of aliphatic carboxylic acids is 1. The highest BCUT2D eigenvalue weighted by molar-refractivity contribution is 6.30. The van der Waals surface area contributed by atoms with Crippen molar-refractivity contribution < 1.29 is 14.6 Å². The number of halogens is 1. The topological polar surface area (TPSA) is 117 Å². The minimum atomic E-state index is -0.651. The summed E-state index contributed by atoms with van der Waals surface area (Å²) in [5.41, 5.74) is 13.1. The number of hydrogen-bond acceptors (Lipinski definition) is 8. The summed E-state index contributed by atoms with van der Waals surface area (Å²) in [6.45, 7) is 6.77. The Morgan fingerprint density at radius 2 is 1.79 bits per heavy atom. The van der Waals surface area contributed by atoms with Gasteiger partial charge in [-0.05, 0) is 79.8 Å². The van der Waals surface area contributed by atoms with E-state index in [0.717, 1.165) is 112 Å². The van der Waals surface area contributed by atoms with E-state index in [0.29, 0.717) is 18.5 Å². The van der Waals surface area contributed by atoms with Gasteiger partial charge in [0.2, 0.25) is 5.95 Å². The van der Waals surface area contributed by atoms with E-state index in [1.54, 1.807) is 0 Å². The maximum Gasteiger partial charge on any atom is 0.306 e. The highest BCUT2D eigenvalue weighted by Crippen LogP contribution is 2.38. The average molecular weight is 605 g/mol. The number of carboxylic acids is 1. The van der Waals surface area contributed by atoms with Crippen LogP contribution in [0.5, 0.6) is 0 Å². The van der Waals surface area contributed by atoms with Crippen molar-refractivity contribution in [2.45, 2.75) is 45.1 Å². The first-order chi connectivity index (χ1) is 20.9. The van der Waals surface area contributed by atoms with Crippen LogP contribution < -0.4 is 16.0 Å². The third kappa shape index (κ3) is 7.22. The number of nitrogens with two attached hydrogens (primary N) is 1. The molecule has 0 bridgehead atoms. The molecule has 2 fully saturated rings. The molecule has 1 aliphatic heterocycles. The number of ether oxygens (including phenoxy) is 1. The number of carbonyl (C=O) groups is 1. The Kier molecular flexibility index (Phi) is 9.31. The standard InChI is InChI=1S/C33H41ClN6O3/c34-26-8-3-22(4-9-26)20-36-27-10-12-28-25(19-27)7-11-29-30(28)37-33(35)38-31(29)40-15-13-39(14-16-40)17-18-43-21-23-1-5-24(6-2-23)32(41)42/h3-4,8-10,12,19,23-24,36H,1-2,5-7,11,13-18,20-21H2,(H,41,42)(H2,35,37,38). The molecule has 2 heterocycles. The van der Waals surface area contributed by atoms with Gasteiger partial charge in [-0.2, -0.15) is 4.98 Å². The number of nitrogens with one attached hydrogen (secondary N) is 1. The number of carboxylic acid groups (broad SMARTS) is 1. The zero-order chi connectivity index (χ0) is 29.8. The van der Waals surface area contributed by atoms with Gasteiger partial charge in [-0.15, -0.1) is 0 Å². The van der Waals surface area contributed by atoms with Gasteiger partial charge in [0.1, 0.15) is 5.82 Å². The summed E-state index contributed by atoms with van der Waals surface area (Å²) in [5.74, 6) is 0.969. The van der Waals surface area contributed by atoms with E-state index in [2.05, 4.69) is 33.3 Å². The molecule has 2 aliphatic carbocycles. The summed E-state index contributed by atoms with van der Waals surface area (Å²) >= 11 is 6.02. The van der Waals surface area contributed by atoms with Crippen LogP contribution in [0.1, 0.15) is 42.4 Å². The first-order valence-electron chi connectivity index (χ1n) is 15.5. The SMILES string of the molecule is Nc1nc2c(c(N3CCN(CCOCC4CCC(C(=O)O)CC4)CC3)n1)CCc1cc(NCc3ccc(Cl)cc3)ccc1-2. The number of benzene rings is 2. The van der Waals surface area contributed by atoms with Gasteiger partial charge in [0.15, 0.2) is 0 Å². The van der Waals surface area contributed by atoms with E-state index < -0.39 is 5.97 Å². The minimum absolute atomic E-state index is 0.167. The fourth-order valence-corrected chi connectivity index (χ4v) is 6.74. The maximum atomic E-state index is 11.2. The summed E-state index contributed by atoms with van der Waals surface area (Å²) in [7, 11) is 0. The molecule has 0 amide bonds. The summed E-state index contributed by atoms with van der Waals surface area (Å²) in [5, 5.41) is 13.5. The van der Waals surface area contributed by atoms with Crippen LogP contribution in [-0.4, -0.2) is 71.9 Å². The maximum absolute atomic E-state index is 11.2. The van der Waals surface area contributed by atoms with Crippen molar-refractivity contribution in [3.05, 3.63) is 64.2 Å². The molecule has 10 heteroatoms. The number of hydrogen-bond donors (Lipinski definition) is 3. The number of rotatable bonds is 10. The van der Waals surface area contributed by atoms with Crippen LogP contribution in [0.25, 0.3) is 11.3 Å². The predicted octanol–water partition coefficient (Wildman–Crippen LogP) is 5.12. The molecular weight excluding hydrogens is 564 g/mol. The van der Waals surface area contributed by atoms with Crippen molar-refractivity contribution in [1.82, 2.24) is 14.9 Å². The van der Waals surface area contributed by atoms with Crippen molar-refractivity contribution in [1.29, 1.82) is 0 Å². The van der Waals surface area contributed by atoms with Crippen LogP contribution in [0, 0.1) is 11.8 Å². The smallest absolute Gasteiger partial charge is 0.306 e. The molecule has 0 spiro atoms. The van der Waals surface area contributed by atoms with E-state index in [-0.39, 0.29) is 5.92 Å². The van der Waals surface area contributed by atoms with Gasteiger partial charge in [-0.3, -0.25) is 9.69 Å². The predicted molar refractivity (Wildman–Crippen MR) is 171 cm³/mol. The molecule has 4 N–H and O–H groups in total. The lowest BCUT2D eigenvalue weighted by molar-refractivity contribution is -0.143. The summed E-state index contributed by atoms with van der Waals surface area (Å²) in [4.78, 5) is 25.4. The molecule has 1 saturated heterocycles. The average Bonchev–Trinajstić information content (AvgIpc) is 3.03. The second kappa shape index (κ2) is 13.5. The summed E-state index contributed by atoms with van der Waals surface area (Å²) in [6, 6.07) is 14.4. The van der Waals surface area contributed by atoms with Gasteiger partial charge in [-0.25, -0.2) is 4.98 Å². The Labute approximate surface area is 258 Å². The fourth-order valence-electron chi connectivity index (χ4n) is 6.61. The Morgan fingerprint density at radius 1 is 1.02 bits per heavy atom. The highest BCUT2D eigenvalue weighted by atomic mass is 35.5. The fraction of sp³-hybridized carbons (Fsp3) is 0.485. The van der Waals surface area contributed by atoms with Crippen LogP contribution in [0.4, 0.5) is 17.5 Å². The van der Waals surface area contributed by atoms with Crippen LogP contribution in [0.3, 0.4) is 0 Å². The zero-order valence-corrected chi connectivity index (χ0v) is 25.4. The quantitative estimate of drug-likeness (QED) is 0.271. The number of anilines is 3. The van der Waals surface area contributed by atoms with Gasteiger partial charge >= 0.3 is 5.97 Å². The zero-order valence-electron chi connectivity index (χ0n) is 24.6. The molecular formula is C33H41ClN6O3. The van der Waals surface area contributed by atoms with Crippen molar-refractivity contribution >= 4 is 35.0 Å². The van der Waals surface area contributed by atoms with E-state index in [9.17, 15) is 9.90 Å². The molecule has 0 unspecified atom stereocenters. The van der Waals surface area contributed by atoms with Gasteiger partial charge < -0.3 is 25.8 Å². The van der Waals surface area contributed by atoms with E-state index in [1.165, 1.54) is 16.7 Å². The second-order valence-electron chi connectivity index (χ2n) is 12.0. The minimum Gasteiger partial charge on any atom is -0.481 e. The molecule has 1 saturated carbocycles. The monoisotopic (exact) mass is 604 g/mol. The van der Waals surface area contributed by atoms with Crippen molar-refractivity contribution in [2.75, 3.05) is 61.9 Å². The Bertz CT molecular complexity index is 1420. The molecule has 0 radical (unpaired) electrons. The lowest BCUT2D eigenvalue weighted by Crippen LogP contribution is -2.48. The first-order valence-corrected chi connectivity index (χ1v) is 15.9. The van der Waals surface area contributed by atoms with Gasteiger partial charge in [0.05, 0.1) is 18.2 Å². The number of piperazine rings is 1. The third-order valence-corrected chi connectivity index (χ3v) is 9.44. The van der Waals surface area contributed by atoms with Crippen LogP contribution in [0.15, 0.2) is 42.5 Å². The largest absolute Gasteiger partial charge is 0.481 e. The molecule has 9 nitrogen and oxygen atoms in total. The summed E-state index contributed by atoms with van der Waals surface area (Å²) in [6.07, 6.45) is 5.29. The highest BCUT2D eigenvalue weighted by Gasteiger charge is 2.28. The molecule has 228 valence electrons. The molecule has 2 aromatic carbocycles. The second-order valence-corrected chi connectivity index (χ2v) is 12.5. The van der Waals surface area contributed by atoms with Gasteiger partial charge in [0, 0.05) is 67.7 Å². The lowest BCUT2D eigenvalue weighted by Gasteiger charge is -2.37. The Hall–Kier alpha value is -3.40. The number of nitrogen functional groups attached to an aromatic ring is 1. The van der Waals surface area contributed by atoms with Crippen LogP contribution >= 0.6 is 11.6 Å². The van der Waals surface area contributed by atoms with Crippen LogP contribution in [0.2, 0.25) is 5.02 Å². The molecule has 43 heavy (non-hydrogen) atoms. The van der Waals surface area contributed by atoms with Crippen molar-refractivity contribution in [3.63, 3.8) is 0 Å². The lowest BCUT2D eigenvalue weighted by atomic mass is 9.82. The van der Waals surface area contributed by atoms with E-state index in [1.807, 2.05) is 24.3 Å². The van der Waals surface area contributed by atoms with Crippen molar-refractivity contribution in [2.24, 2.45) is 11.8 Å². The Morgan fingerprint density at radius 3 is 2.53 bits per heavy atom. The molecule has 1 aromatic heterocycles. The number of aryl methyl sites for hydroxylation is 1. The first kappa shape index (κ1) is 29.7. The molecule has 6 rings (SSSR count). The summed E-state index contributed by atoms with van der Waals surface area (Å²) < 4.78 is 6.01. The van der Waals surface area contributed by atoms with Gasteiger partial charge in [-0.1, -0.05) is 29.8 Å². The molecule has 3 aliphatic rings. The molecule has 3 aromatic rings. The number of fused-ring (bicyclic) bond motifs is 3. The van der Waals surface area contributed by atoms with E-state index >= 15 is 0 Å². The van der Waals surface area contributed by atoms with Gasteiger partial charge in [0.25, 0.3) is 0 Å². The normalized spacial score (nSPS) is 20.3. The van der Waals surface area contributed by atoms with E-state index in [4.69, 9.17) is 32.0 Å². The van der Waals surface area contributed by atoms with Crippen molar-refractivity contribution in [3.8, 4) is 11.3 Å². The third-order valence-electron chi connectivity index (χ3n) is 9.19. The number of nitrogens with zero attached hydrogens (tertiary/aromatic N) is 4.